The molecule has 100 valence electrons. The number of nitrogens with two attached hydrogens (primary N) is 1. The summed E-state index contributed by atoms with van der Waals surface area (Å²) in [6.45, 7) is 0.843. The Morgan fingerprint density at radius 1 is 1.41 bits per heavy atom. The van der Waals surface area contributed by atoms with Gasteiger partial charge in [-0.15, -0.1) is 0 Å². The second-order valence-corrected chi connectivity index (χ2v) is 6.35. The normalized spacial score (nSPS) is 22.5. The summed E-state index contributed by atoms with van der Waals surface area (Å²) in [6.07, 6.45) is 2.71. The van der Waals surface area contributed by atoms with E-state index < -0.39 is 16.0 Å². The number of carbonyl (C=O) groups is 1. The van der Waals surface area contributed by atoms with Crippen molar-refractivity contribution in [2.45, 2.75) is 38.1 Å². The number of piperidine rings is 1. The highest BCUT2D eigenvalue weighted by molar-refractivity contribution is 7.89. The summed E-state index contributed by atoms with van der Waals surface area (Å²) in [5, 5.41) is 8.49. The number of hydrogen-bond acceptors (Lipinski definition) is 4. The molecule has 0 aromatic carbocycles. The van der Waals surface area contributed by atoms with Crippen molar-refractivity contribution in [1.29, 1.82) is 0 Å². The molecular formula is C10H20N2O4S. The van der Waals surface area contributed by atoms with Crippen LogP contribution in [0.4, 0.5) is 0 Å². The fraction of sp³-hybridized carbons (Fsp3) is 0.900. The van der Waals surface area contributed by atoms with E-state index in [4.69, 9.17) is 10.8 Å². The van der Waals surface area contributed by atoms with E-state index in [0.717, 1.165) is 19.3 Å². The van der Waals surface area contributed by atoms with E-state index in [1.54, 1.807) is 0 Å². The first-order valence-electron chi connectivity index (χ1n) is 5.89. The third-order valence-corrected chi connectivity index (χ3v) is 5.00. The molecule has 1 heterocycles. The van der Waals surface area contributed by atoms with Crippen molar-refractivity contribution >= 4 is 16.0 Å². The van der Waals surface area contributed by atoms with Crippen molar-refractivity contribution in [3.63, 3.8) is 0 Å². The molecule has 0 bridgehead atoms. The van der Waals surface area contributed by atoms with E-state index in [1.165, 1.54) is 4.31 Å². The maximum atomic E-state index is 12.0. The number of hydrogen-bond donors (Lipinski definition) is 2. The SMILES string of the molecule is NCC1CCCCN1S(=O)(=O)CCCC(=O)O. The van der Waals surface area contributed by atoms with Gasteiger partial charge in [-0.3, -0.25) is 4.79 Å². The summed E-state index contributed by atoms with van der Waals surface area (Å²) in [4.78, 5) is 10.4. The molecule has 0 spiro atoms. The first-order valence-corrected chi connectivity index (χ1v) is 7.49. The Bertz CT molecular complexity index is 355. The van der Waals surface area contributed by atoms with Gasteiger partial charge in [0.15, 0.2) is 0 Å². The lowest BCUT2D eigenvalue weighted by molar-refractivity contribution is -0.137. The molecule has 0 radical (unpaired) electrons. The minimum atomic E-state index is -3.35. The molecule has 1 unspecified atom stereocenters. The summed E-state index contributed by atoms with van der Waals surface area (Å²) >= 11 is 0. The molecule has 3 N–H and O–H groups in total. The number of rotatable bonds is 6. The van der Waals surface area contributed by atoms with E-state index in [-0.39, 0.29) is 24.6 Å². The molecule has 0 aromatic heterocycles. The van der Waals surface area contributed by atoms with Gasteiger partial charge < -0.3 is 10.8 Å². The zero-order chi connectivity index (χ0) is 12.9. The van der Waals surface area contributed by atoms with E-state index in [2.05, 4.69) is 0 Å². The van der Waals surface area contributed by atoms with E-state index >= 15 is 0 Å². The lowest BCUT2D eigenvalue weighted by Gasteiger charge is -2.33. The van der Waals surface area contributed by atoms with Crippen LogP contribution in [0.25, 0.3) is 0 Å². The Balaban J connectivity index is 2.58. The van der Waals surface area contributed by atoms with E-state index in [1.807, 2.05) is 0 Å². The fourth-order valence-electron chi connectivity index (χ4n) is 2.10. The number of aliphatic carboxylic acids is 1. The Morgan fingerprint density at radius 2 is 2.12 bits per heavy atom. The number of carboxylic acid groups (broad SMARTS) is 1. The lowest BCUT2D eigenvalue weighted by Crippen LogP contribution is -2.48. The average Bonchev–Trinajstić information content (AvgIpc) is 2.28. The van der Waals surface area contributed by atoms with Crippen LogP contribution in [0.2, 0.25) is 0 Å². The summed E-state index contributed by atoms with van der Waals surface area (Å²) in [5.74, 6) is -1.07. The Morgan fingerprint density at radius 3 is 2.71 bits per heavy atom. The van der Waals surface area contributed by atoms with Gasteiger partial charge >= 0.3 is 5.97 Å². The van der Waals surface area contributed by atoms with Gasteiger partial charge in [0.1, 0.15) is 0 Å². The maximum absolute atomic E-state index is 12.0. The van der Waals surface area contributed by atoms with Crippen LogP contribution in [0.1, 0.15) is 32.1 Å². The van der Waals surface area contributed by atoms with Gasteiger partial charge in [-0.2, -0.15) is 4.31 Å². The minimum Gasteiger partial charge on any atom is -0.481 e. The van der Waals surface area contributed by atoms with Crippen LogP contribution < -0.4 is 5.73 Å². The quantitative estimate of drug-likeness (QED) is 0.703. The van der Waals surface area contributed by atoms with Gasteiger partial charge in [0, 0.05) is 25.6 Å². The van der Waals surface area contributed by atoms with Crippen LogP contribution in [-0.4, -0.2) is 48.7 Å². The molecule has 1 aliphatic heterocycles. The maximum Gasteiger partial charge on any atom is 0.303 e. The molecule has 17 heavy (non-hydrogen) atoms. The highest BCUT2D eigenvalue weighted by Crippen LogP contribution is 2.20. The molecule has 1 fully saturated rings. The van der Waals surface area contributed by atoms with Crippen LogP contribution in [-0.2, 0) is 14.8 Å². The predicted octanol–water partition coefficient (Wildman–Crippen LogP) is -0.00580. The standard InChI is InChI=1S/C10H20N2O4S/c11-8-9-4-1-2-6-12(9)17(15,16)7-3-5-10(13)14/h9H,1-8,11H2,(H,13,14). The van der Waals surface area contributed by atoms with Crippen molar-refractivity contribution in [1.82, 2.24) is 4.31 Å². The van der Waals surface area contributed by atoms with Crippen LogP contribution >= 0.6 is 0 Å². The Labute approximate surface area is 102 Å². The van der Waals surface area contributed by atoms with Gasteiger partial charge in [0.2, 0.25) is 10.0 Å². The number of sulfonamides is 1. The van der Waals surface area contributed by atoms with Crippen LogP contribution in [0, 0.1) is 0 Å². The summed E-state index contributed by atoms with van der Waals surface area (Å²) in [7, 11) is -3.35. The zero-order valence-electron chi connectivity index (χ0n) is 9.84. The molecule has 1 rings (SSSR count). The molecule has 0 aromatic rings. The van der Waals surface area contributed by atoms with Gasteiger partial charge in [-0.1, -0.05) is 6.42 Å². The third kappa shape index (κ3) is 4.25. The molecule has 1 saturated heterocycles. The second-order valence-electron chi connectivity index (χ2n) is 4.31. The number of nitrogens with zero attached hydrogens (tertiary/aromatic N) is 1. The highest BCUT2D eigenvalue weighted by atomic mass is 32.2. The third-order valence-electron chi connectivity index (χ3n) is 3.00. The molecule has 0 saturated carbocycles. The highest BCUT2D eigenvalue weighted by Gasteiger charge is 2.30. The summed E-state index contributed by atoms with van der Waals surface area (Å²) in [6, 6.07) is -0.112. The second kappa shape index (κ2) is 6.32. The average molecular weight is 264 g/mol. The van der Waals surface area contributed by atoms with Crippen molar-refractivity contribution < 1.29 is 18.3 Å². The fourth-order valence-corrected chi connectivity index (χ4v) is 3.90. The van der Waals surface area contributed by atoms with Gasteiger partial charge in [-0.25, -0.2) is 8.42 Å². The summed E-state index contributed by atoms with van der Waals surface area (Å²) in [5.41, 5.74) is 5.57. The van der Waals surface area contributed by atoms with Gasteiger partial charge in [-0.05, 0) is 19.3 Å². The molecule has 0 amide bonds. The molecule has 6 nitrogen and oxygen atoms in total. The largest absolute Gasteiger partial charge is 0.481 e. The van der Waals surface area contributed by atoms with Gasteiger partial charge in [0.25, 0.3) is 0 Å². The van der Waals surface area contributed by atoms with Gasteiger partial charge in [0.05, 0.1) is 5.75 Å². The summed E-state index contributed by atoms with van der Waals surface area (Å²) < 4.78 is 25.5. The predicted molar refractivity (Wildman–Crippen MR) is 64.1 cm³/mol. The van der Waals surface area contributed by atoms with Crippen molar-refractivity contribution in [2.75, 3.05) is 18.8 Å². The molecule has 1 aliphatic rings. The smallest absolute Gasteiger partial charge is 0.303 e. The molecule has 0 aliphatic carbocycles. The lowest BCUT2D eigenvalue weighted by atomic mass is 10.1. The topological polar surface area (TPSA) is 101 Å². The van der Waals surface area contributed by atoms with Crippen molar-refractivity contribution in [3.8, 4) is 0 Å². The zero-order valence-corrected chi connectivity index (χ0v) is 10.7. The monoisotopic (exact) mass is 264 g/mol. The van der Waals surface area contributed by atoms with Crippen LogP contribution in [0.5, 0.6) is 0 Å². The first kappa shape index (κ1) is 14.4. The Kier molecular flexibility index (Phi) is 5.35. The van der Waals surface area contributed by atoms with Crippen LogP contribution in [0.15, 0.2) is 0 Å². The molecule has 1 atom stereocenters. The van der Waals surface area contributed by atoms with Crippen LogP contribution in [0.3, 0.4) is 0 Å². The molecule has 7 heteroatoms. The van der Waals surface area contributed by atoms with Crippen molar-refractivity contribution in [3.05, 3.63) is 0 Å². The number of carboxylic acids is 1. The van der Waals surface area contributed by atoms with Crippen molar-refractivity contribution in [2.24, 2.45) is 5.73 Å². The Hall–Kier alpha value is -0.660. The van der Waals surface area contributed by atoms with E-state index in [9.17, 15) is 13.2 Å². The van der Waals surface area contributed by atoms with E-state index in [0.29, 0.717) is 13.1 Å². The minimum absolute atomic E-state index is 0.101. The molecular weight excluding hydrogens is 244 g/mol. The first-order chi connectivity index (χ1) is 7.97.